The molecular formula is C21H21NO3. The SMILES string of the molecule is CCCOC(=O)c1cc(-c2ccc(OC)cc2)nc2ccc(C)cc12. The number of aryl methyl sites for hydroxylation is 1. The van der Waals surface area contributed by atoms with Gasteiger partial charge in [0.25, 0.3) is 0 Å². The number of ether oxygens (including phenoxy) is 2. The van der Waals surface area contributed by atoms with E-state index in [2.05, 4.69) is 0 Å². The van der Waals surface area contributed by atoms with E-state index in [-0.39, 0.29) is 5.97 Å². The molecule has 3 rings (SSSR count). The van der Waals surface area contributed by atoms with Crippen LogP contribution < -0.4 is 4.74 Å². The molecule has 1 heterocycles. The van der Waals surface area contributed by atoms with Gasteiger partial charge in [0.15, 0.2) is 0 Å². The highest BCUT2D eigenvalue weighted by atomic mass is 16.5. The van der Waals surface area contributed by atoms with Crippen molar-refractivity contribution in [1.82, 2.24) is 4.98 Å². The third-order valence-corrected chi connectivity index (χ3v) is 4.01. The number of hydrogen-bond acceptors (Lipinski definition) is 4. The van der Waals surface area contributed by atoms with Crippen molar-refractivity contribution >= 4 is 16.9 Å². The fraction of sp³-hybridized carbons (Fsp3) is 0.238. The largest absolute Gasteiger partial charge is 0.497 e. The van der Waals surface area contributed by atoms with Gasteiger partial charge in [-0.2, -0.15) is 0 Å². The number of benzene rings is 2. The van der Waals surface area contributed by atoms with Crippen LogP contribution in [0.25, 0.3) is 22.2 Å². The maximum Gasteiger partial charge on any atom is 0.338 e. The van der Waals surface area contributed by atoms with Gasteiger partial charge >= 0.3 is 5.97 Å². The Morgan fingerprint density at radius 1 is 1.08 bits per heavy atom. The molecular weight excluding hydrogens is 314 g/mol. The first-order valence-corrected chi connectivity index (χ1v) is 8.35. The van der Waals surface area contributed by atoms with Gasteiger partial charge in [-0.3, -0.25) is 0 Å². The van der Waals surface area contributed by atoms with Gasteiger partial charge in [-0.1, -0.05) is 18.6 Å². The predicted octanol–water partition coefficient (Wildman–Crippen LogP) is 4.79. The Kier molecular flexibility index (Phi) is 4.98. The average Bonchev–Trinajstić information content (AvgIpc) is 2.65. The minimum Gasteiger partial charge on any atom is -0.497 e. The molecule has 0 aliphatic heterocycles. The summed E-state index contributed by atoms with van der Waals surface area (Å²) in [6.45, 7) is 4.38. The van der Waals surface area contributed by atoms with Gasteiger partial charge in [0.1, 0.15) is 5.75 Å². The van der Waals surface area contributed by atoms with Gasteiger partial charge in [-0.15, -0.1) is 0 Å². The minimum atomic E-state index is -0.311. The fourth-order valence-electron chi connectivity index (χ4n) is 2.69. The summed E-state index contributed by atoms with van der Waals surface area (Å²) in [5.41, 5.74) is 4.07. The molecule has 25 heavy (non-hydrogen) atoms. The van der Waals surface area contributed by atoms with Gasteiger partial charge in [-0.25, -0.2) is 9.78 Å². The zero-order valence-electron chi connectivity index (χ0n) is 14.7. The maximum absolute atomic E-state index is 12.5. The highest BCUT2D eigenvalue weighted by molar-refractivity contribution is 6.04. The zero-order valence-corrected chi connectivity index (χ0v) is 14.7. The van der Waals surface area contributed by atoms with E-state index in [1.165, 1.54) is 0 Å². The van der Waals surface area contributed by atoms with Crippen LogP contribution in [0.1, 0.15) is 29.3 Å². The van der Waals surface area contributed by atoms with E-state index < -0.39 is 0 Å². The third-order valence-electron chi connectivity index (χ3n) is 4.01. The summed E-state index contributed by atoms with van der Waals surface area (Å²) in [7, 11) is 1.63. The lowest BCUT2D eigenvalue weighted by Gasteiger charge is -2.11. The normalized spacial score (nSPS) is 10.7. The molecule has 0 fully saturated rings. The summed E-state index contributed by atoms with van der Waals surface area (Å²) in [5, 5.41) is 0.818. The van der Waals surface area contributed by atoms with Crippen molar-refractivity contribution < 1.29 is 14.3 Å². The van der Waals surface area contributed by atoms with E-state index in [0.717, 1.165) is 39.9 Å². The van der Waals surface area contributed by atoms with Gasteiger partial charge in [0, 0.05) is 10.9 Å². The topological polar surface area (TPSA) is 48.4 Å². The second-order valence-corrected chi connectivity index (χ2v) is 5.94. The number of nitrogens with zero attached hydrogens (tertiary/aromatic N) is 1. The number of hydrogen-bond donors (Lipinski definition) is 0. The predicted molar refractivity (Wildman–Crippen MR) is 99.0 cm³/mol. The van der Waals surface area contributed by atoms with Crippen molar-refractivity contribution in [2.45, 2.75) is 20.3 Å². The number of fused-ring (bicyclic) bond motifs is 1. The number of carbonyl (C=O) groups is 1. The van der Waals surface area contributed by atoms with Crippen LogP contribution in [0.5, 0.6) is 5.75 Å². The molecule has 1 aromatic heterocycles. The second-order valence-electron chi connectivity index (χ2n) is 5.94. The Bertz CT molecular complexity index is 901. The second kappa shape index (κ2) is 7.34. The van der Waals surface area contributed by atoms with Crippen LogP contribution in [0.3, 0.4) is 0 Å². The highest BCUT2D eigenvalue weighted by Crippen LogP contribution is 2.27. The summed E-state index contributed by atoms with van der Waals surface area (Å²) in [4.78, 5) is 17.3. The zero-order chi connectivity index (χ0) is 17.8. The smallest absolute Gasteiger partial charge is 0.338 e. The number of aromatic nitrogens is 1. The van der Waals surface area contributed by atoms with Crippen molar-refractivity contribution in [1.29, 1.82) is 0 Å². The molecule has 0 saturated heterocycles. The summed E-state index contributed by atoms with van der Waals surface area (Å²) in [6, 6.07) is 15.3. The first-order valence-electron chi connectivity index (χ1n) is 8.35. The number of rotatable bonds is 5. The molecule has 0 bridgehead atoms. The molecule has 0 atom stereocenters. The summed E-state index contributed by atoms with van der Waals surface area (Å²) in [5.74, 6) is 0.470. The fourth-order valence-corrected chi connectivity index (χ4v) is 2.69. The molecule has 0 amide bonds. The van der Waals surface area contributed by atoms with Crippen LogP contribution >= 0.6 is 0 Å². The quantitative estimate of drug-likeness (QED) is 0.629. The van der Waals surface area contributed by atoms with Crippen molar-refractivity contribution in [3.63, 3.8) is 0 Å². The number of carbonyl (C=O) groups excluding carboxylic acids is 1. The minimum absolute atomic E-state index is 0.311. The van der Waals surface area contributed by atoms with Gasteiger partial charge < -0.3 is 9.47 Å². The standard InChI is InChI=1S/C21H21NO3/c1-4-11-25-21(23)18-13-20(15-6-8-16(24-3)9-7-15)22-19-10-5-14(2)12-17(18)19/h5-10,12-13H,4,11H2,1-3H3. The van der Waals surface area contributed by atoms with E-state index >= 15 is 0 Å². The van der Waals surface area contributed by atoms with Gasteiger partial charge in [-0.05, 0) is 55.8 Å². The number of methoxy groups -OCH3 is 1. The average molecular weight is 335 g/mol. The molecule has 4 nitrogen and oxygen atoms in total. The Morgan fingerprint density at radius 2 is 1.84 bits per heavy atom. The summed E-state index contributed by atoms with van der Waals surface area (Å²) in [6.07, 6.45) is 0.791. The van der Waals surface area contributed by atoms with Crippen LogP contribution in [0.15, 0.2) is 48.5 Å². The Balaban J connectivity index is 2.13. The van der Waals surface area contributed by atoms with Crippen molar-refractivity contribution in [3.8, 4) is 17.0 Å². The van der Waals surface area contributed by atoms with Crippen molar-refractivity contribution in [2.75, 3.05) is 13.7 Å². The molecule has 0 radical (unpaired) electrons. The molecule has 0 saturated carbocycles. The molecule has 4 heteroatoms. The third kappa shape index (κ3) is 3.63. The first kappa shape index (κ1) is 17.0. The molecule has 3 aromatic rings. The molecule has 0 aliphatic rings. The van der Waals surface area contributed by atoms with Gasteiger partial charge in [0.2, 0.25) is 0 Å². The molecule has 0 unspecified atom stereocenters. The van der Waals surface area contributed by atoms with Crippen LogP contribution in [-0.2, 0) is 4.74 Å². The monoisotopic (exact) mass is 335 g/mol. The van der Waals surface area contributed by atoms with E-state index in [1.54, 1.807) is 7.11 Å². The lowest BCUT2D eigenvalue weighted by atomic mass is 10.0. The summed E-state index contributed by atoms with van der Waals surface area (Å²) >= 11 is 0. The van der Waals surface area contributed by atoms with E-state index in [4.69, 9.17) is 14.5 Å². The van der Waals surface area contributed by atoms with Gasteiger partial charge in [0.05, 0.1) is 30.5 Å². The Labute approximate surface area is 147 Å². The van der Waals surface area contributed by atoms with Crippen molar-refractivity contribution in [3.05, 3.63) is 59.7 Å². The van der Waals surface area contributed by atoms with Crippen molar-refractivity contribution in [2.24, 2.45) is 0 Å². The molecule has 128 valence electrons. The first-order chi connectivity index (χ1) is 12.1. The Morgan fingerprint density at radius 3 is 2.52 bits per heavy atom. The molecule has 0 aliphatic carbocycles. The lowest BCUT2D eigenvalue weighted by Crippen LogP contribution is -2.07. The van der Waals surface area contributed by atoms with Crippen LogP contribution in [0.2, 0.25) is 0 Å². The summed E-state index contributed by atoms with van der Waals surface area (Å²) < 4.78 is 10.6. The van der Waals surface area contributed by atoms with Crippen LogP contribution in [0, 0.1) is 6.92 Å². The van der Waals surface area contributed by atoms with E-state index in [0.29, 0.717) is 12.2 Å². The van der Waals surface area contributed by atoms with E-state index in [1.807, 2.05) is 62.4 Å². The Hall–Kier alpha value is -2.88. The highest BCUT2D eigenvalue weighted by Gasteiger charge is 2.15. The lowest BCUT2D eigenvalue weighted by molar-refractivity contribution is 0.0507. The molecule has 0 N–H and O–H groups in total. The van der Waals surface area contributed by atoms with E-state index in [9.17, 15) is 4.79 Å². The van der Waals surface area contributed by atoms with Crippen LogP contribution in [0.4, 0.5) is 0 Å². The maximum atomic E-state index is 12.5. The molecule has 2 aromatic carbocycles. The van der Waals surface area contributed by atoms with Crippen LogP contribution in [-0.4, -0.2) is 24.7 Å². The number of pyridine rings is 1. The molecule has 0 spiro atoms. The number of esters is 1.